The summed E-state index contributed by atoms with van der Waals surface area (Å²) in [6, 6.07) is 0. The van der Waals surface area contributed by atoms with Gasteiger partial charge < -0.3 is 10.0 Å². The van der Waals surface area contributed by atoms with Crippen molar-refractivity contribution in [3.05, 3.63) is 11.8 Å². The highest BCUT2D eigenvalue weighted by atomic mass is 16.3. The molecule has 0 aromatic rings. The van der Waals surface area contributed by atoms with Crippen LogP contribution in [0.25, 0.3) is 0 Å². The third-order valence-electron chi connectivity index (χ3n) is 10.4. The van der Waals surface area contributed by atoms with E-state index in [0.29, 0.717) is 35.1 Å². The minimum atomic E-state index is 0.307. The summed E-state index contributed by atoms with van der Waals surface area (Å²) >= 11 is 0. The van der Waals surface area contributed by atoms with Gasteiger partial charge in [-0.05, 0) is 92.8 Å². The molecule has 0 aromatic heterocycles. The summed E-state index contributed by atoms with van der Waals surface area (Å²) in [5.74, 6) is 3.87. The van der Waals surface area contributed by atoms with Crippen LogP contribution >= 0.6 is 0 Å². The molecule has 0 bridgehead atoms. The van der Waals surface area contributed by atoms with Gasteiger partial charge in [-0.3, -0.25) is 4.79 Å². The number of hydrogen-bond acceptors (Lipinski definition) is 3. The topological polar surface area (TPSA) is 40.5 Å². The van der Waals surface area contributed by atoms with Crippen LogP contribution in [0.2, 0.25) is 0 Å². The lowest BCUT2D eigenvalue weighted by atomic mass is 9.42. The van der Waals surface area contributed by atoms with Crippen LogP contribution in [0.4, 0.5) is 0 Å². The first-order valence-electron chi connectivity index (χ1n) is 12.6. The Labute approximate surface area is 177 Å². The van der Waals surface area contributed by atoms with Crippen molar-refractivity contribution in [1.82, 2.24) is 4.90 Å². The summed E-state index contributed by atoms with van der Waals surface area (Å²) in [4.78, 5) is 15.0. The van der Waals surface area contributed by atoms with Gasteiger partial charge in [-0.2, -0.15) is 0 Å². The fourth-order valence-electron chi connectivity index (χ4n) is 8.86. The van der Waals surface area contributed by atoms with E-state index >= 15 is 0 Å². The van der Waals surface area contributed by atoms with Crippen LogP contribution < -0.4 is 0 Å². The molecular formula is C26H41NO2. The van der Waals surface area contributed by atoms with Crippen LogP contribution in [0.5, 0.6) is 0 Å². The monoisotopic (exact) mass is 399 g/mol. The number of rotatable bonds is 3. The Hall–Kier alpha value is -0.830. The zero-order valence-electron chi connectivity index (χ0n) is 18.7. The highest BCUT2D eigenvalue weighted by molar-refractivity contribution is 5.79. The van der Waals surface area contributed by atoms with E-state index in [1.807, 2.05) is 0 Å². The molecule has 2 unspecified atom stereocenters. The SMILES string of the molecule is C[C@]12CCC(=O)CC1CC(CCO)[C@@H]1[C@H]2CC[C@]2(C)C(N3CCCCC3)=CC[C@@H]12. The fourth-order valence-corrected chi connectivity index (χ4v) is 8.86. The highest BCUT2D eigenvalue weighted by Crippen LogP contribution is 2.68. The molecule has 5 aliphatic rings. The van der Waals surface area contributed by atoms with Crippen molar-refractivity contribution in [2.45, 2.75) is 84.5 Å². The van der Waals surface area contributed by atoms with Gasteiger partial charge in [0.05, 0.1) is 0 Å². The third kappa shape index (κ3) is 3.05. The molecular weight excluding hydrogens is 358 g/mol. The van der Waals surface area contributed by atoms with Crippen LogP contribution in [0.15, 0.2) is 11.8 Å². The Morgan fingerprint density at radius 2 is 1.93 bits per heavy atom. The molecule has 3 heteroatoms. The second-order valence-corrected chi connectivity index (χ2v) is 11.6. The number of ketones is 1. The summed E-state index contributed by atoms with van der Waals surface area (Å²) in [6.45, 7) is 7.93. The number of carbonyl (C=O) groups is 1. The molecule has 0 radical (unpaired) electrons. The smallest absolute Gasteiger partial charge is 0.133 e. The number of allylic oxidation sites excluding steroid dienone is 2. The van der Waals surface area contributed by atoms with E-state index in [1.54, 1.807) is 5.70 Å². The molecule has 0 aromatic carbocycles. The normalized spacial score (nSPS) is 47.3. The summed E-state index contributed by atoms with van der Waals surface area (Å²) < 4.78 is 0. The number of aliphatic hydroxyl groups excluding tert-OH is 1. The number of Topliss-reactive ketones (excluding diaryl/α,β-unsaturated/α-hetero) is 1. The van der Waals surface area contributed by atoms with Gasteiger partial charge >= 0.3 is 0 Å². The van der Waals surface area contributed by atoms with Gasteiger partial charge in [0.1, 0.15) is 5.78 Å². The molecule has 3 saturated carbocycles. The van der Waals surface area contributed by atoms with Crippen LogP contribution in [-0.4, -0.2) is 35.5 Å². The van der Waals surface area contributed by atoms with Crippen LogP contribution in [-0.2, 0) is 4.79 Å². The van der Waals surface area contributed by atoms with E-state index in [1.165, 1.54) is 58.0 Å². The van der Waals surface area contributed by atoms with E-state index in [0.717, 1.165) is 43.4 Å². The van der Waals surface area contributed by atoms with Crippen molar-refractivity contribution in [3.8, 4) is 0 Å². The number of hydrogen-bond donors (Lipinski definition) is 1. The summed E-state index contributed by atoms with van der Waals surface area (Å²) in [5.41, 5.74) is 2.36. The summed E-state index contributed by atoms with van der Waals surface area (Å²) in [5, 5.41) is 9.89. The second kappa shape index (κ2) is 7.39. The van der Waals surface area contributed by atoms with Crippen molar-refractivity contribution < 1.29 is 9.90 Å². The maximum absolute atomic E-state index is 12.3. The summed E-state index contributed by atoms with van der Waals surface area (Å²) in [7, 11) is 0. The lowest BCUT2D eigenvalue weighted by molar-refractivity contribution is -0.149. The predicted molar refractivity (Wildman–Crippen MR) is 116 cm³/mol. The van der Waals surface area contributed by atoms with E-state index in [4.69, 9.17) is 0 Å². The molecule has 1 heterocycles. The zero-order chi connectivity index (χ0) is 20.2. The number of aliphatic hydroxyl groups is 1. The van der Waals surface area contributed by atoms with Gasteiger partial charge in [-0.1, -0.05) is 19.9 Å². The minimum absolute atomic E-state index is 0.307. The molecule has 1 aliphatic heterocycles. The molecule has 0 amide bonds. The first-order chi connectivity index (χ1) is 14.0. The van der Waals surface area contributed by atoms with E-state index in [9.17, 15) is 9.90 Å². The molecule has 7 atom stereocenters. The number of carbonyl (C=O) groups excluding carboxylic acids is 1. The van der Waals surface area contributed by atoms with Crippen LogP contribution in [0.1, 0.15) is 84.5 Å². The molecule has 29 heavy (non-hydrogen) atoms. The molecule has 3 nitrogen and oxygen atoms in total. The van der Waals surface area contributed by atoms with Crippen molar-refractivity contribution in [2.75, 3.05) is 19.7 Å². The van der Waals surface area contributed by atoms with Crippen molar-refractivity contribution in [1.29, 1.82) is 0 Å². The van der Waals surface area contributed by atoms with Gasteiger partial charge in [0, 0.05) is 43.7 Å². The Bertz CT molecular complexity index is 680. The molecule has 5 rings (SSSR count). The Morgan fingerprint density at radius 3 is 2.69 bits per heavy atom. The largest absolute Gasteiger partial charge is 0.396 e. The molecule has 4 aliphatic carbocycles. The van der Waals surface area contributed by atoms with E-state index in [-0.39, 0.29) is 0 Å². The van der Waals surface area contributed by atoms with Crippen LogP contribution in [0.3, 0.4) is 0 Å². The third-order valence-corrected chi connectivity index (χ3v) is 10.4. The van der Waals surface area contributed by atoms with E-state index in [2.05, 4.69) is 24.8 Å². The Kier molecular flexibility index (Phi) is 5.12. The number of piperidine rings is 1. The number of nitrogens with zero attached hydrogens (tertiary/aromatic N) is 1. The van der Waals surface area contributed by atoms with Crippen molar-refractivity contribution >= 4 is 5.78 Å². The van der Waals surface area contributed by atoms with Crippen molar-refractivity contribution in [3.63, 3.8) is 0 Å². The fraction of sp³-hybridized carbons (Fsp3) is 0.885. The van der Waals surface area contributed by atoms with E-state index < -0.39 is 0 Å². The maximum atomic E-state index is 12.3. The molecule has 162 valence electrons. The number of likely N-dealkylation sites (tertiary alicyclic amines) is 1. The van der Waals surface area contributed by atoms with Gasteiger partial charge in [0.25, 0.3) is 0 Å². The minimum Gasteiger partial charge on any atom is -0.396 e. The molecule has 0 spiro atoms. The molecule has 1 saturated heterocycles. The zero-order valence-corrected chi connectivity index (χ0v) is 18.7. The lowest BCUT2D eigenvalue weighted by Crippen LogP contribution is -2.57. The maximum Gasteiger partial charge on any atom is 0.133 e. The average Bonchev–Trinajstić information content (AvgIpc) is 3.07. The van der Waals surface area contributed by atoms with Gasteiger partial charge in [-0.15, -0.1) is 0 Å². The van der Waals surface area contributed by atoms with Gasteiger partial charge in [0.15, 0.2) is 0 Å². The predicted octanol–water partition coefficient (Wildman–Crippen LogP) is 5.19. The van der Waals surface area contributed by atoms with Gasteiger partial charge in [-0.25, -0.2) is 0 Å². The Balaban J connectivity index is 1.45. The van der Waals surface area contributed by atoms with Crippen LogP contribution in [0, 0.1) is 40.4 Å². The summed E-state index contributed by atoms with van der Waals surface area (Å²) in [6.07, 6.45) is 15.4. The number of fused-ring (bicyclic) bond motifs is 5. The first kappa shape index (κ1) is 20.1. The standard InChI is InChI=1S/C26H41NO2/c1-25-11-8-20(29)17-19(25)16-18(10-15-28)24-21-6-7-23(27-13-4-3-5-14-27)26(21,2)12-9-22(24)25/h7,18-19,21-22,24,28H,3-6,8-17H2,1-2H3/t18?,19?,21-,22+,24-,25-,26-/m0/s1. The lowest BCUT2D eigenvalue weighted by Gasteiger charge is -2.62. The highest BCUT2D eigenvalue weighted by Gasteiger charge is 2.61. The molecule has 4 fully saturated rings. The van der Waals surface area contributed by atoms with Gasteiger partial charge in [0.2, 0.25) is 0 Å². The van der Waals surface area contributed by atoms with Crippen molar-refractivity contribution in [2.24, 2.45) is 40.4 Å². The molecule has 1 N–H and O–H groups in total. The second-order valence-electron chi connectivity index (χ2n) is 11.6. The average molecular weight is 400 g/mol. The first-order valence-corrected chi connectivity index (χ1v) is 12.6. The quantitative estimate of drug-likeness (QED) is 0.710. The Morgan fingerprint density at radius 1 is 1.14 bits per heavy atom.